The van der Waals surface area contributed by atoms with Crippen LogP contribution < -0.4 is 10.5 Å². The Bertz CT molecular complexity index is 485. The molecule has 0 radical (unpaired) electrons. The van der Waals surface area contributed by atoms with Crippen molar-refractivity contribution in [3.63, 3.8) is 0 Å². The number of nitrogens with zero attached hydrogens (tertiary/aromatic N) is 2. The predicted octanol–water partition coefficient (Wildman–Crippen LogP) is 2.23. The molecule has 0 unspecified atom stereocenters. The summed E-state index contributed by atoms with van der Waals surface area (Å²) in [5.74, 6) is 0.906. The fourth-order valence-electron chi connectivity index (χ4n) is 1.72. The van der Waals surface area contributed by atoms with E-state index in [4.69, 9.17) is 10.5 Å². The molecule has 0 atom stereocenters. The summed E-state index contributed by atoms with van der Waals surface area (Å²) in [7, 11) is 0. The summed E-state index contributed by atoms with van der Waals surface area (Å²) < 4.78 is 8.83. The second-order valence-corrected chi connectivity index (χ2v) is 4.86. The Morgan fingerprint density at radius 3 is 3.00 bits per heavy atom. The lowest BCUT2D eigenvalue weighted by Crippen LogP contribution is -2.09. The van der Waals surface area contributed by atoms with Crippen LogP contribution in [0.5, 0.6) is 5.75 Å². The molecule has 0 fully saturated rings. The average molecular weight is 310 g/mol. The van der Waals surface area contributed by atoms with E-state index in [1.807, 2.05) is 22.9 Å². The van der Waals surface area contributed by atoms with Crippen molar-refractivity contribution < 1.29 is 4.74 Å². The van der Waals surface area contributed by atoms with Crippen LogP contribution in [0.4, 0.5) is 0 Å². The third-order valence-corrected chi connectivity index (χ3v) is 3.10. The predicted molar refractivity (Wildman–Crippen MR) is 74.6 cm³/mol. The standard InChI is InChI=1S/C13H16BrN3O/c14-12-1-2-13(11(9-12)3-4-15)18-8-7-17-6-5-16-10-17/h1-2,5-6,9-10H,3-4,7-8,15H2. The zero-order chi connectivity index (χ0) is 12.8. The van der Waals surface area contributed by atoms with E-state index in [0.29, 0.717) is 13.2 Å². The number of imidazole rings is 1. The molecule has 0 amide bonds. The molecule has 2 rings (SSSR count). The molecule has 18 heavy (non-hydrogen) atoms. The Labute approximate surface area is 115 Å². The summed E-state index contributed by atoms with van der Waals surface area (Å²) >= 11 is 3.46. The van der Waals surface area contributed by atoms with Crippen molar-refractivity contribution in [3.05, 3.63) is 47.0 Å². The molecule has 0 aliphatic carbocycles. The van der Waals surface area contributed by atoms with Gasteiger partial charge in [-0.25, -0.2) is 4.98 Å². The van der Waals surface area contributed by atoms with Gasteiger partial charge in [0.25, 0.3) is 0 Å². The van der Waals surface area contributed by atoms with Crippen molar-refractivity contribution in [2.45, 2.75) is 13.0 Å². The van der Waals surface area contributed by atoms with Gasteiger partial charge in [0.2, 0.25) is 0 Å². The topological polar surface area (TPSA) is 53.1 Å². The van der Waals surface area contributed by atoms with Gasteiger partial charge >= 0.3 is 0 Å². The first-order valence-electron chi connectivity index (χ1n) is 5.86. The van der Waals surface area contributed by atoms with Gasteiger partial charge in [0.1, 0.15) is 12.4 Å². The summed E-state index contributed by atoms with van der Waals surface area (Å²) in [5, 5.41) is 0. The van der Waals surface area contributed by atoms with E-state index in [0.717, 1.165) is 28.8 Å². The fourth-order valence-corrected chi connectivity index (χ4v) is 2.13. The molecule has 2 aromatic rings. The van der Waals surface area contributed by atoms with Gasteiger partial charge in [-0.15, -0.1) is 0 Å². The molecule has 5 heteroatoms. The van der Waals surface area contributed by atoms with Crippen LogP contribution in [0.15, 0.2) is 41.4 Å². The molecule has 1 aromatic heterocycles. The number of halogens is 1. The van der Waals surface area contributed by atoms with Crippen LogP contribution in [-0.2, 0) is 13.0 Å². The highest BCUT2D eigenvalue weighted by molar-refractivity contribution is 9.10. The van der Waals surface area contributed by atoms with E-state index in [1.54, 1.807) is 12.5 Å². The molecule has 4 nitrogen and oxygen atoms in total. The summed E-state index contributed by atoms with van der Waals surface area (Å²) in [5.41, 5.74) is 6.74. The largest absolute Gasteiger partial charge is 0.491 e. The highest BCUT2D eigenvalue weighted by atomic mass is 79.9. The number of aromatic nitrogens is 2. The van der Waals surface area contributed by atoms with Crippen LogP contribution in [0.3, 0.4) is 0 Å². The van der Waals surface area contributed by atoms with Gasteiger partial charge in [0.05, 0.1) is 12.9 Å². The molecule has 2 N–H and O–H groups in total. The Morgan fingerprint density at radius 1 is 1.39 bits per heavy atom. The van der Waals surface area contributed by atoms with Crippen molar-refractivity contribution in [2.75, 3.05) is 13.2 Å². The highest BCUT2D eigenvalue weighted by Crippen LogP contribution is 2.23. The van der Waals surface area contributed by atoms with Crippen molar-refractivity contribution in [2.24, 2.45) is 5.73 Å². The lowest BCUT2D eigenvalue weighted by molar-refractivity contribution is 0.295. The third-order valence-electron chi connectivity index (χ3n) is 2.60. The zero-order valence-corrected chi connectivity index (χ0v) is 11.6. The molecule has 0 saturated carbocycles. The Morgan fingerprint density at radius 2 is 2.28 bits per heavy atom. The smallest absolute Gasteiger partial charge is 0.122 e. The normalized spacial score (nSPS) is 10.6. The quantitative estimate of drug-likeness (QED) is 0.890. The van der Waals surface area contributed by atoms with Gasteiger partial charge in [0, 0.05) is 16.9 Å². The van der Waals surface area contributed by atoms with Crippen LogP contribution in [-0.4, -0.2) is 22.7 Å². The van der Waals surface area contributed by atoms with Crippen LogP contribution >= 0.6 is 15.9 Å². The SMILES string of the molecule is NCCc1cc(Br)ccc1OCCn1ccnc1. The second-order valence-electron chi connectivity index (χ2n) is 3.94. The molecule has 0 aliphatic rings. The Hall–Kier alpha value is -1.33. The maximum atomic E-state index is 5.79. The lowest BCUT2D eigenvalue weighted by atomic mass is 10.1. The van der Waals surface area contributed by atoms with E-state index in [2.05, 4.69) is 27.0 Å². The molecule has 96 valence electrons. The number of hydrogen-bond acceptors (Lipinski definition) is 3. The molecular weight excluding hydrogens is 294 g/mol. The van der Waals surface area contributed by atoms with E-state index >= 15 is 0 Å². The van der Waals surface area contributed by atoms with E-state index in [9.17, 15) is 0 Å². The fraction of sp³-hybridized carbons (Fsp3) is 0.308. The second kappa shape index (κ2) is 6.56. The van der Waals surface area contributed by atoms with E-state index < -0.39 is 0 Å². The van der Waals surface area contributed by atoms with Crippen molar-refractivity contribution in [1.29, 1.82) is 0 Å². The summed E-state index contributed by atoms with van der Waals surface area (Å²) in [4.78, 5) is 3.99. The minimum Gasteiger partial charge on any atom is -0.491 e. The number of nitrogens with two attached hydrogens (primary N) is 1. The number of hydrogen-bond donors (Lipinski definition) is 1. The van der Waals surface area contributed by atoms with Gasteiger partial charge < -0.3 is 15.0 Å². The third kappa shape index (κ3) is 3.58. The molecule has 0 aliphatic heterocycles. The van der Waals surface area contributed by atoms with Crippen LogP contribution in [0.1, 0.15) is 5.56 Å². The first-order valence-corrected chi connectivity index (χ1v) is 6.66. The molecule has 1 heterocycles. The highest BCUT2D eigenvalue weighted by Gasteiger charge is 2.04. The van der Waals surface area contributed by atoms with Gasteiger partial charge in [-0.1, -0.05) is 15.9 Å². The lowest BCUT2D eigenvalue weighted by Gasteiger charge is -2.11. The number of ether oxygens (including phenoxy) is 1. The maximum absolute atomic E-state index is 5.79. The van der Waals surface area contributed by atoms with Crippen LogP contribution in [0.25, 0.3) is 0 Å². The van der Waals surface area contributed by atoms with Crippen molar-refractivity contribution in [1.82, 2.24) is 9.55 Å². The minimum absolute atomic E-state index is 0.619. The van der Waals surface area contributed by atoms with Crippen molar-refractivity contribution in [3.8, 4) is 5.75 Å². The maximum Gasteiger partial charge on any atom is 0.122 e. The van der Waals surface area contributed by atoms with Crippen LogP contribution in [0.2, 0.25) is 0 Å². The molecule has 0 bridgehead atoms. The molecular formula is C13H16BrN3O. The van der Waals surface area contributed by atoms with Gasteiger partial charge in [-0.05, 0) is 36.7 Å². The Kier molecular flexibility index (Phi) is 4.78. The number of rotatable bonds is 6. The molecule has 0 spiro atoms. The summed E-state index contributed by atoms with van der Waals surface area (Å²) in [6.07, 6.45) is 6.29. The van der Waals surface area contributed by atoms with Gasteiger partial charge in [0.15, 0.2) is 0 Å². The first kappa shape index (κ1) is 13.1. The number of benzene rings is 1. The van der Waals surface area contributed by atoms with E-state index in [1.165, 1.54) is 0 Å². The monoisotopic (exact) mass is 309 g/mol. The molecule has 0 saturated heterocycles. The first-order chi connectivity index (χ1) is 8.79. The minimum atomic E-state index is 0.619. The summed E-state index contributed by atoms with van der Waals surface area (Å²) in [6.45, 7) is 2.03. The van der Waals surface area contributed by atoms with Crippen LogP contribution in [0, 0.1) is 0 Å². The summed E-state index contributed by atoms with van der Waals surface area (Å²) in [6, 6.07) is 6.01. The Balaban J connectivity index is 1.95. The van der Waals surface area contributed by atoms with Crippen molar-refractivity contribution >= 4 is 15.9 Å². The van der Waals surface area contributed by atoms with Gasteiger partial charge in [-0.3, -0.25) is 0 Å². The average Bonchev–Trinajstić information content (AvgIpc) is 2.85. The molecule has 1 aromatic carbocycles. The zero-order valence-electron chi connectivity index (χ0n) is 10.1. The van der Waals surface area contributed by atoms with Gasteiger partial charge in [-0.2, -0.15) is 0 Å². The van der Waals surface area contributed by atoms with E-state index in [-0.39, 0.29) is 0 Å².